The number of halogens is 3. The number of carbonyl (C=O) groups is 3. The number of fused-ring (bicyclic) bond motifs is 5. The second kappa shape index (κ2) is 10.5. The molecule has 0 aliphatic carbocycles. The quantitative estimate of drug-likeness (QED) is 0.197. The number of carbonyl (C=O) groups excluding carboxylic acids is 3. The third kappa shape index (κ3) is 4.47. The van der Waals surface area contributed by atoms with E-state index in [0.717, 1.165) is 39.8 Å². The highest BCUT2D eigenvalue weighted by atomic mass is 19.4. The molecule has 9 heteroatoms. The van der Waals surface area contributed by atoms with E-state index in [1.807, 2.05) is 84.9 Å². The number of ether oxygens (including phenoxy) is 1. The molecule has 4 aromatic carbocycles. The first-order chi connectivity index (χ1) is 21.2. The summed E-state index contributed by atoms with van der Waals surface area (Å²) in [5, 5.41) is 0. The van der Waals surface area contributed by atoms with E-state index in [1.54, 1.807) is 17.0 Å². The first-order valence-electron chi connectivity index (χ1n) is 14.1. The first-order valence-corrected chi connectivity index (χ1v) is 14.1. The Morgan fingerprint density at radius 3 is 2.02 bits per heavy atom. The summed E-state index contributed by atoms with van der Waals surface area (Å²) in [6.07, 6.45) is -1.85. The predicted molar refractivity (Wildman–Crippen MR) is 157 cm³/mol. The van der Waals surface area contributed by atoms with Crippen molar-refractivity contribution >= 4 is 35.2 Å². The van der Waals surface area contributed by atoms with E-state index in [-0.39, 0.29) is 5.69 Å². The van der Waals surface area contributed by atoms with Gasteiger partial charge in [-0.3, -0.25) is 9.59 Å². The Morgan fingerprint density at radius 1 is 0.750 bits per heavy atom. The molecule has 7 rings (SSSR count). The molecule has 4 atom stereocenters. The normalized spacial score (nSPS) is 22.2. The minimum atomic E-state index is -4.67. The summed E-state index contributed by atoms with van der Waals surface area (Å²) < 4.78 is 46.9. The van der Waals surface area contributed by atoms with Gasteiger partial charge in [0.2, 0.25) is 11.8 Å². The molecule has 3 aliphatic rings. The predicted octanol–water partition coefficient (Wildman–Crippen LogP) is 6.43. The lowest BCUT2D eigenvalue weighted by Crippen LogP contribution is -2.49. The van der Waals surface area contributed by atoms with Crippen molar-refractivity contribution in [1.29, 1.82) is 0 Å². The highest BCUT2D eigenvalue weighted by molar-refractivity contribution is 6.24. The van der Waals surface area contributed by atoms with Crippen molar-refractivity contribution in [3.63, 3.8) is 0 Å². The van der Waals surface area contributed by atoms with E-state index in [2.05, 4.69) is 0 Å². The molecular weight excluding hydrogens is 569 g/mol. The maximum atomic E-state index is 14.4. The topological polar surface area (TPSA) is 66.9 Å². The molecule has 0 aromatic heterocycles. The molecule has 0 saturated carbocycles. The Morgan fingerprint density at radius 2 is 1.36 bits per heavy atom. The SMILES string of the molecule is O=C(OC(c1ccccc1)c1ccccc1)[C@@H]1[C@@H]2C(=O)N(c3cccc(C(F)(F)F)c3)C(=O)[C@@H]2[C@@H]2C=Cc3ccccc3N12. The second-order valence-corrected chi connectivity index (χ2v) is 11.0. The standard InChI is InChI=1S/C35H25F3N2O4/c36-35(37,38)24-15-9-16-25(20-24)39-32(41)28-27-19-18-21-10-7-8-17-26(21)40(27)30(29(28)33(39)42)34(43)44-31(22-11-3-1-4-12-22)23-13-5-2-6-14-23/h1-20,27-31H/t27-,28+,29+,30-/m0/s1. The van der Waals surface area contributed by atoms with Gasteiger partial charge in [-0.15, -0.1) is 0 Å². The molecule has 3 aliphatic heterocycles. The van der Waals surface area contributed by atoms with Gasteiger partial charge in [0.05, 0.1) is 29.1 Å². The number of alkyl halides is 3. The molecule has 0 bridgehead atoms. The zero-order valence-corrected chi connectivity index (χ0v) is 23.1. The molecule has 3 heterocycles. The van der Waals surface area contributed by atoms with Gasteiger partial charge < -0.3 is 9.64 Å². The summed E-state index contributed by atoms with van der Waals surface area (Å²) in [5.74, 6) is -4.30. The largest absolute Gasteiger partial charge is 0.451 e. The van der Waals surface area contributed by atoms with Crippen LogP contribution in [0.3, 0.4) is 0 Å². The van der Waals surface area contributed by atoms with Crippen LogP contribution in [0.25, 0.3) is 6.08 Å². The van der Waals surface area contributed by atoms with Crippen molar-refractivity contribution in [3.8, 4) is 0 Å². The van der Waals surface area contributed by atoms with E-state index in [9.17, 15) is 27.6 Å². The van der Waals surface area contributed by atoms with Gasteiger partial charge in [0, 0.05) is 5.69 Å². The number of benzene rings is 4. The second-order valence-electron chi connectivity index (χ2n) is 11.0. The fourth-order valence-corrected chi connectivity index (χ4v) is 6.63. The number of esters is 1. The molecule has 44 heavy (non-hydrogen) atoms. The van der Waals surface area contributed by atoms with Gasteiger partial charge in [0.1, 0.15) is 6.04 Å². The highest BCUT2D eigenvalue weighted by Crippen LogP contribution is 2.50. The van der Waals surface area contributed by atoms with Crippen molar-refractivity contribution in [1.82, 2.24) is 0 Å². The van der Waals surface area contributed by atoms with Gasteiger partial charge in [-0.05, 0) is 41.0 Å². The van der Waals surface area contributed by atoms with Gasteiger partial charge in [-0.25, -0.2) is 9.69 Å². The van der Waals surface area contributed by atoms with Gasteiger partial charge in [-0.2, -0.15) is 13.2 Å². The fraction of sp³-hybridized carbons (Fsp3) is 0.171. The van der Waals surface area contributed by atoms with Gasteiger partial charge in [0.15, 0.2) is 6.10 Å². The Labute approximate surface area is 251 Å². The van der Waals surface area contributed by atoms with Crippen molar-refractivity contribution in [2.45, 2.75) is 24.4 Å². The molecule has 0 radical (unpaired) electrons. The Bertz CT molecular complexity index is 1750. The van der Waals surface area contributed by atoms with E-state index in [4.69, 9.17) is 4.74 Å². The third-order valence-electron chi connectivity index (χ3n) is 8.53. The number of hydrogen-bond donors (Lipinski definition) is 0. The number of nitrogens with zero attached hydrogens (tertiary/aromatic N) is 2. The Balaban J connectivity index is 1.31. The van der Waals surface area contributed by atoms with Gasteiger partial charge in [-0.1, -0.05) is 97.1 Å². The average Bonchev–Trinajstić information content (AvgIpc) is 3.52. The molecular formula is C35H25F3N2O4. The minimum Gasteiger partial charge on any atom is -0.451 e. The summed E-state index contributed by atoms with van der Waals surface area (Å²) >= 11 is 0. The number of anilines is 2. The number of amides is 2. The van der Waals surface area contributed by atoms with E-state index < -0.39 is 59.5 Å². The molecule has 0 spiro atoms. The molecule has 0 N–H and O–H groups in total. The lowest BCUT2D eigenvalue weighted by atomic mass is 9.88. The van der Waals surface area contributed by atoms with E-state index >= 15 is 0 Å². The number of rotatable bonds is 5. The molecule has 6 nitrogen and oxygen atoms in total. The number of hydrogen-bond acceptors (Lipinski definition) is 5. The van der Waals surface area contributed by atoms with Crippen LogP contribution in [0.1, 0.15) is 28.4 Å². The fourth-order valence-electron chi connectivity index (χ4n) is 6.63. The maximum Gasteiger partial charge on any atom is 0.416 e. The molecule has 0 unspecified atom stereocenters. The maximum absolute atomic E-state index is 14.4. The van der Waals surface area contributed by atoms with Crippen LogP contribution in [-0.2, 0) is 25.3 Å². The molecule has 2 fully saturated rings. The zero-order chi connectivity index (χ0) is 30.6. The highest BCUT2D eigenvalue weighted by Gasteiger charge is 2.65. The summed E-state index contributed by atoms with van der Waals surface area (Å²) in [6, 6.07) is 27.9. The smallest absolute Gasteiger partial charge is 0.416 e. The van der Waals surface area contributed by atoms with E-state index in [0.29, 0.717) is 5.69 Å². The monoisotopic (exact) mass is 594 g/mol. The number of imide groups is 1. The Hall–Kier alpha value is -5.18. The third-order valence-corrected chi connectivity index (χ3v) is 8.53. The summed E-state index contributed by atoms with van der Waals surface area (Å²) in [6.45, 7) is 0. The first kappa shape index (κ1) is 27.6. The average molecular weight is 595 g/mol. The molecule has 220 valence electrons. The van der Waals surface area contributed by atoms with Gasteiger partial charge >= 0.3 is 12.1 Å². The molecule has 4 aromatic rings. The summed E-state index contributed by atoms with van der Waals surface area (Å²) in [5.41, 5.74) is 1.74. The van der Waals surface area contributed by atoms with Gasteiger partial charge in [0.25, 0.3) is 0 Å². The summed E-state index contributed by atoms with van der Waals surface area (Å²) in [4.78, 5) is 45.0. The minimum absolute atomic E-state index is 0.186. The molecule has 2 amide bonds. The van der Waals surface area contributed by atoms with Crippen LogP contribution >= 0.6 is 0 Å². The summed E-state index contributed by atoms with van der Waals surface area (Å²) in [7, 11) is 0. The zero-order valence-electron chi connectivity index (χ0n) is 23.1. The van der Waals surface area contributed by atoms with Crippen molar-refractivity contribution in [3.05, 3.63) is 138 Å². The Kier molecular flexibility index (Phi) is 6.61. The van der Waals surface area contributed by atoms with Crippen LogP contribution in [0.5, 0.6) is 0 Å². The van der Waals surface area contributed by atoms with Crippen LogP contribution in [0, 0.1) is 11.8 Å². The van der Waals surface area contributed by atoms with Crippen molar-refractivity contribution in [2.75, 3.05) is 9.80 Å². The lowest BCUT2D eigenvalue weighted by Gasteiger charge is -2.36. The molecule has 2 saturated heterocycles. The van der Waals surface area contributed by atoms with Crippen LogP contribution < -0.4 is 9.80 Å². The van der Waals surface area contributed by atoms with Crippen LogP contribution in [0.15, 0.2) is 115 Å². The van der Waals surface area contributed by atoms with Crippen molar-refractivity contribution < 1.29 is 32.3 Å². The number of para-hydroxylation sites is 1. The lowest BCUT2D eigenvalue weighted by molar-refractivity contribution is -0.151. The van der Waals surface area contributed by atoms with Crippen LogP contribution in [-0.4, -0.2) is 29.9 Å². The van der Waals surface area contributed by atoms with Crippen LogP contribution in [0.2, 0.25) is 0 Å². The van der Waals surface area contributed by atoms with Crippen LogP contribution in [0.4, 0.5) is 24.5 Å². The van der Waals surface area contributed by atoms with E-state index in [1.165, 1.54) is 6.07 Å². The van der Waals surface area contributed by atoms with Crippen molar-refractivity contribution in [2.24, 2.45) is 11.8 Å².